The zero-order valence-corrected chi connectivity index (χ0v) is 10.6. The first-order valence-electron chi connectivity index (χ1n) is 6.38. The Labute approximate surface area is 102 Å². The summed E-state index contributed by atoms with van der Waals surface area (Å²) in [4.78, 5) is 23.0. The monoisotopic (exact) mass is 242 g/mol. The quantitative estimate of drug-likeness (QED) is 0.702. The molecule has 0 saturated heterocycles. The fourth-order valence-electron chi connectivity index (χ4n) is 2.79. The van der Waals surface area contributed by atoms with E-state index in [-0.39, 0.29) is 12.3 Å². The van der Waals surface area contributed by atoms with Gasteiger partial charge in [0.15, 0.2) is 5.41 Å². The lowest BCUT2D eigenvalue weighted by Crippen LogP contribution is -2.45. The molecule has 98 valence electrons. The zero-order valence-electron chi connectivity index (χ0n) is 10.6. The predicted octanol–water partition coefficient (Wildman–Crippen LogP) is 2.77. The predicted molar refractivity (Wildman–Crippen MR) is 63.7 cm³/mol. The van der Waals surface area contributed by atoms with Gasteiger partial charge in [-0.05, 0) is 37.5 Å². The summed E-state index contributed by atoms with van der Waals surface area (Å²) in [5.74, 6) is -2.18. The first kappa shape index (κ1) is 14.0. The van der Waals surface area contributed by atoms with Crippen molar-refractivity contribution < 1.29 is 19.8 Å². The lowest BCUT2D eigenvalue weighted by atomic mass is 9.70. The Bertz CT molecular complexity index is 276. The van der Waals surface area contributed by atoms with Crippen molar-refractivity contribution in [2.24, 2.45) is 17.3 Å². The first-order valence-corrected chi connectivity index (χ1v) is 6.38. The van der Waals surface area contributed by atoms with Gasteiger partial charge in [0.1, 0.15) is 0 Å². The number of hydrogen-bond acceptors (Lipinski definition) is 2. The number of carbonyl (C=O) groups is 2. The van der Waals surface area contributed by atoms with Crippen molar-refractivity contribution in [3.8, 4) is 0 Å². The van der Waals surface area contributed by atoms with Crippen LogP contribution in [0.5, 0.6) is 0 Å². The van der Waals surface area contributed by atoms with E-state index < -0.39 is 17.4 Å². The average molecular weight is 242 g/mol. The van der Waals surface area contributed by atoms with Crippen molar-refractivity contribution in [1.29, 1.82) is 0 Å². The van der Waals surface area contributed by atoms with Crippen molar-refractivity contribution in [2.75, 3.05) is 0 Å². The third-order valence-electron chi connectivity index (χ3n) is 3.93. The van der Waals surface area contributed by atoms with E-state index in [1.807, 2.05) is 13.8 Å². The van der Waals surface area contributed by atoms with Crippen LogP contribution in [0, 0.1) is 17.3 Å². The SMILES string of the molecule is CC(C)CCC(C(=O)O)(C(=O)O)C1CCCC1. The van der Waals surface area contributed by atoms with E-state index in [1.54, 1.807) is 0 Å². The molecule has 0 atom stereocenters. The number of carboxylic acids is 2. The molecule has 0 aromatic carbocycles. The van der Waals surface area contributed by atoms with Gasteiger partial charge in [-0.3, -0.25) is 9.59 Å². The molecule has 2 N–H and O–H groups in total. The van der Waals surface area contributed by atoms with Gasteiger partial charge >= 0.3 is 11.9 Å². The van der Waals surface area contributed by atoms with Crippen molar-refractivity contribution in [3.63, 3.8) is 0 Å². The summed E-state index contributed by atoms with van der Waals surface area (Å²) in [6, 6.07) is 0. The highest BCUT2D eigenvalue weighted by Gasteiger charge is 2.52. The Balaban J connectivity index is 2.94. The van der Waals surface area contributed by atoms with Crippen molar-refractivity contribution in [3.05, 3.63) is 0 Å². The van der Waals surface area contributed by atoms with Gasteiger partial charge < -0.3 is 10.2 Å². The zero-order chi connectivity index (χ0) is 13.1. The van der Waals surface area contributed by atoms with Gasteiger partial charge in [-0.1, -0.05) is 26.7 Å². The highest BCUT2D eigenvalue weighted by atomic mass is 16.4. The van der Waals surface area contributed by atoms with Gasteiger partial charge in [-0.25, -0.2) is 0 Å². The molecular weight excluding hydrogens is 220 g/mol. The van der Waals surface area contributed by atoms with Gasteiger partial charge in [-0.15, -0.1) is 0 Å². The van der Waals surface area contributed by atoms with Crippen LogP contribution in [0.4, 0.5) is 0 Å². The van der Waals surface area contributed by atoms with Crippen LogP contribution in [-0.4, -0.2) is 22.2 Å². The molecule has 0 bridgehead atoms. The summed E-state index contributed by atoms with van der Waals surface area (Å²) >= 11 is 0. The van der Waals surface area contributed by atoms with Crippen LogP contribution in [0.1, 0.15) is 52.4 Å². The third kappa shape index (κ3) is 2.79. The standard InChI is InChI=1S/C13H22O4/c1-9(2)7-8-13(11(14)15,12(16)17)10-5-3-4-6-10/h9-10H,3-8H2,1-2H3,(H,14,15)(H,16,17). The molecular formula is C13H22O4. The molecule has 1 rings (SSSR count). The maximum Gasteiger partial charge on any atom is 0.321 e. The summed E-state index contributed by atoms with van der Waals surface area (Å²) in [5.41, 5.74) is -1.55. The van der Waals surface area contributed by atoms with Crippen LogP contribution in [0.3, 0.4) is 0 Å². The molecule has 1 aliphatic rings. The maximum atomic E-state index is 11.5. The normalized spacial score (nSPS) is 17.6. The number of rotatable bonds is 6. The van der Waals surface area contributed by atoms with Crippen LogP contribution in [0.25, 0.3) is 0 Å². The Morgan fingerprint density at radius 1 is 1.18 bits per heavy atom. The van der Waals surface area contributed by atoms with E-state index in [1.165, 1.54) is 0 Å². The van der Waals surface area contributed by atoms with Gasteiger partial charge in [0, 0.05) is 0 Å². The van der Waals surface area contributed by atoms with E-state index in [4.69, 9.17) is 0 Å². The van der Waals surface area contributed by atoms with Crippen LogP contribution in [0.15, 0.2) is 0 Å². The number of hydrogen-bond donors (Lipinski definition) is 2. The largest absolute Gasteiger partial charge is 0.480 e. The average Bonchev–Trinajstić information content (AvgIpc) is 2.70. The van der Waals surface area contributed by atoms with Crippen LogP contribution >= 0.6 is 0 Å². The molecule has 1 fully saturated rings. The lowest BCUT2D eigenvalue weighted by molar-refractivity contribution is -0.170. The van der Waals surface area contributed by atoms with E-state index in [0.717, 1.165) is 25.7 Å². The molecule has 0 radical (unpaired) electrons. The van der Waals surface area contributed by atoms with Crippen LogP contribution < -0.4 is 0 Å². The first-order chi connectivity index (χ1) is 7.91. The van der Waals surface area contributed by atoms with Crippen molar-refractivity contribution in [1.82, 2.24) is 0 Å². The molecule has 0 aromatic heterocycles. The highest BCUT2D eigenvalue weighted by molar-refractivity contribution is 5.98. The Kier molecular flexibility index (Phi) is 4.54. The highest BCUT2D eigenvalue weighted by Crippen LogP contribution is 2.44. The second-order valence-electron chi connectivity index (χ2n) is 5.50. The third-order valence-corrected chi connectivity index (χ3v) is 3.93. The molecule has 4 nitrogen and oxygen atoms in total. The topological polar surface area (TPSA) is 74.6 Å². The van der Waals surface area contributed by atoms with Gasteiger partial charge in [0.2, 0.25) is 0 Å². The summed E-state index contributed by atoms with van der Waals surface area (Å²) in [6.45, 7) is 3.98. The molecule has 0 unspecified atom stereocenters. The second kappa shape index (κ2) is 5.52. The Hall–Kier alpha value is -1.06. The Morgan fingerprint density at radius 2 is 1.65 bits per heavy atom. The number of carboxylic acid groups (broad SMARTS) is 2. The van der Waals surface area contributed by atoms with E-state index >= 15 is 0 Å². The molecule has 1 saturated carbocycles. The summed E-state index contributed by atoms with van der Waals surface area (Å²) in [7, 11) is 0. The fraction of sp³-hybridized carbons (Fsp3) is 0.846. The van der Waals surface area contributed by atoms with E-state index in [9.17, 15) is 19.8 Å². The molecule has 0 spiro atoms. The van der Waals surface area contributed by atoms with E-state index in [2.05, 4.69) is 0 Å². The van der Waals surface area contributed by atoms with Crippen molar-refractivity contribution in [2.45, 2.75) is 52.4 Å². The summed E-state index contributed by atoms with van der Waals surface area (Å²) in [6.07, 6.45) is 4.27. The minimum Gasteiger partial charge on any atom is -0.480 e. The maximum absolute atomic E-state index is 11.5. The molecule has 0 aliphatic heterocycles. The molecule has 0 heterocycles. The molecule has 17 heavy (non-hydrogen) atoms. The minimum absolute atomic E-state index is 0.198. The smallest absolute Gasteiger partial charge is 0.321 e. The minimum atomic E-state index is -1.55. The summed E-state index contributed by atoms with van der Waals surface area (Å²) in [5, 5.41) is 18.8. The molecule has 1 aliphatic carbocycles. The number of aliphatic carboxylic acids is 2. The Morgan fingerprint density at radius 3 is 2.00 bits per heavy atom. The fourth-order valence-corrected chi connectivity index (χ4v) is 2.79. The van der Waals surface area contributed by atoms with Crippen molar-refractivity contribution >= 4 is 11.9 Å². The molecule has 0 amide bonds. The van der Waals surface area contributed by atoms with Gasteiger partial charge in [0.25, 0.3) is 0 Å². The van der Waals surface area contributed by atoms with Crippen LogP contribution in [-0.2, 0) is 9.59 Å². The van der Waals surface area contributed by atoms with Gasteiger partial charge in [0.05, 0.1) is 0 Å². The molecule has 0 aromatic rings. The van der Waals surface area contributed by atoms with E-state index in [0.29, 0.717) is 12.3 Å². The lowest BCUT2D eigenvalue weighted by Gasteiger charge is -2.31. The van der Waals surface area contributed by atoms with Gasteiger partial charge in [-0.2, -0.15) is 0 Å². The molecule has 4 heteroatoms. The summed E-state index contributed by atoms with van der Waals surface area (Å²) < 4.78 is 0. The van der Waals surface area contributed by atoms with Crippen LogP contribution in [0.2, 0.25) is 0 Å². The second-order valence-corrected chi connectivity index (χ2v) is 5.50.